The Morgan fingerprint density at radius 2 is 2.36 bits per heavy atom. The van der Waals surface area contributed by atoms with E-state index in [2.05, 4.69) is 23.4 Å². The van der Waals surface area contributed by atoms with Gasteiger partial charge in [0, 0.05) is 18.9 Å². The van der Waals surface area contributed by atoms with Gasteiger partial charge in [-0.25, -0.2) is 0 Å². The minimum atomic E-state index is 0.192. The fraction of sp³-hybridized carbons (Fsp3) is 0.583. The first-order valence-corrected chi connectivity index (χ1v) is 5.20. The number of hydrogen-bond donors (Lipinski definition) is 1. The van der Waals surface area contributed by atoms with Crippen molar-refractivity contribution in [3.8, 4) is 12.3 Å². The molecule has 0 aromatic carbocycles. The molecular weight excluding hydrogens is 174 g/mol. The number of nitrogens with one attached hydrogen (secondary N) is 1. The molecule has 2 rings (SSSR count). The van der Waals surface area contributed by atoms with Gasteiger partial charge >= 0.3 is 0 Å². The highest BCUT2D eigenvalue weighted by Gasteiger charge is 2.39. The second-order valence-electron chi connectivity index (χ2n) is 4.13. The Morgan fingerprint density at radius 1 is 1.50 bits per heavy atom. The molecule has 74 valence electrons. The predicted octanol–water partition coefficient (Wildman–Crippen LogP) is 1.34. The Hall–Kier alpha value is -1.23. The van der Waals surface area contributed by atoms with Gasteiger partial charge in [0.15, 0.2) is 0 Å². The summed E-state index contributed by atoms with van der Waals surface area (Å²) >= 11 is 0. The molecule has 2 aliphatic rings. The van der Waals surface area contributed by atoms with Crippen molar-refractivity contribution < 1.29 is 4.79 Å². The van der Waals surface area contributed by atoms with Crippen LogP contribution in [0.3, 0.4) is 0 Å². The second kappa shape index (κ2) is 3.88. The second-order valence-corrected chi connectivity index (χ2v) is 4.13. The van der Waals surface area contributed by atoms with Crippen LogP contribution >= 0.6 is 0 Å². The number of fused-ring (bicyclic) bond motifs is 2. The normalized spacial score (nSPS) is 32.9. The molecule has 0 spiro atoms. The van der Waals surface area contributed by atoms with Crippen LogP contribution in [0, 0.1) is 30.1 Å². The van der Waals surface area contributed by atoms with E-state index in [4.69, 9.17) is 6.42 Å². The third kappa shape index (κ3) is 1.68. The van der Waals surface area contributed by atoms with Crippen LogP contribution in [0.15, 0.2) is 12.2 Å². The van der Waals surface area contributed by atoms with Gasteiger partial charge in [-0.05, 0) is 24.7 Å². The number of carbonyl (C=O) groups is 1. The van der Waals surface area contributed by atoms with Crippen molar-refractivity contribution in [3.05, 3.63) is 12.2 Å². The van der Waals surface area contributed by atoms with Crippen LogP contribution in [0.25, 0.3) is 0 Å². The molecule has 14 heavy (non-hydrogen) atoms. The largest absolute Gasteiger partial charge is 0.355 e. The zero-order chi connectivity index (χ0) is 9.97. The van der Waals surface area contributed by atoms with Gasteiger partial charge in [0.2, 0.25) is 5.91 Å². The Morgan fingerprint density at radius 3 is 2.93 bits per heavy atom. The van der Waals surface area contributed by atoms with Crippen LogP contribution in [-0.4, -0.2) is 12.5 Å². The highest BCUT2D eigenvalue weighted by Crippen LogP contribution is 2.43. The van der Waals surface area contributed by atoms with Gasteiger partial charge < -0.3 is 5.32 Å². The van der Waals surface area contributed by atoms with E-state index in [1.807, 2.05) is 0 Å². The molecule has 0 aromatic rings. The number of rotatable bonds is 3. The topological polar surface area (TPSA) is 29.1 Å². The lowest BCUT2D eigenvalue weighted by atomic mass is 9.93. The summed E-state index contributed by atoms with van der Waals surface area (Å²) in [6, 6.07) is 0. The number of hydrogen-bond acceptors (Lipinski definition) is 1. The molecule has 0 heterocycles. The molecule has 2 aliphatic carbocycles. The first-order chi connectivity index (χ1) is 6.81. The van der Waals surface area contributed by atoms with E-state index in [0.29, 0.717) is 24.8 Å². The Balaban J connectivity index is 1.82. The summed E-state index contributed by atoms with van der Waals surface area (Å²) in [4.78, 5) is 11.7. The zero-order valence-corrected chi connectivity index (χ0v) is 8.20. The molecular formula is C12H15NO. The third-order valence-electron chi connectivity index (χ3n) is 3.18. The van der Waals surface area contributed by atoms with Gasteiger partial charge in [-0.3, -0.25) is 4.79 Å². The van der Waals surface area contributed by atoms with E-state index in [1.54, 1.807) is 0 Å². The first-order valence-electron chi connectivity index (χ1n) is 5.20. The molecule has 1 amide bonds. The Bertz CT molecular complexity index is 300. The van der Waals surface area contributed by atoms with Gasteiger partial charge in [0.1, 0.15) is 0 Å². The van der Waals surface area contributed by atoms with Crippen LogP contribution in [0.4, 0.5) is 0 Å². The fourth-order valence-corrected chi connectivity index (χ4v) is 2.47. The molecule has 2 bridgehead atoms. The molecule has 2 heteroatoms. The maximum atomic E-state index is 11.7. The van der Waals surface area contributed by atoms with E-state index in [-0.39, 0.29) is 11.8 Å². The van der Waals surface area contributed by atoms with E-state index in [0.717, 1.165) is 6.42 Å². The monoisotopic (exact) mass is 189 g/mol. The van der Waals surface area contributed by atoms with Crippen LogP contribution < -0.4 is 5.32 Å². The van der Waals surface area contributed by atoms with Crippen molar-refractivity contribution in [2.24, 2.45) is 17.8 Å². The minimum Gasteiger partial charge on any atom is -0.355 e. The van der Waals surface area contributed by atoms with E-state index >= 15 is 0 Å². The first kappa shape index (κ1) is 9.33. The van der Waals surface area contributed by atoms with Gasteiger partial charge in [-0.1, -0.05) is 12.2 Å². The van der Waals surface area contributed by atoms with Crippen molar-refractivity contribution in [2.45, 2.75) is 19.3 Å². The molecule has 0 saturated heterocycles. The molecule has 0 radical (unpaired) electrons. The number of carbonyl (C=O) groups excluding carboxylic acids is 1. The van der Waals surface area contributed by atoms with Crippen LogP contribution in [0.5, 0.6) is 0 Å². The quantitative estimate of drug-likeness (QED) is 0.405. The maximum absolute atomic E-state index is 11.7. The molecule has 2 nitrogen and oxygen atoms in total. The lowest BCUT2D eigenvalue weighted by Gasteiger charge is -2.16. The maximum Gasteiger partial charge on any atom is 0.223 e. The summed E-state index contributed by atoms with van der Waals surface area (Å²) in [7, 11) is 0. The number of allylic oxidation sites excluding steroid dienone is 2. The molecule has 1 fully saturated rings. The van der Waals surface area contributed by atoms with Crippen LogP contribution in [0.2, 0.25) is 0 Å². The summed E-state index contributed by atoms with van der Waals surface area (Å²) in [5.41, 5.74) is 0. The summed E-state index contributed by atoms with van der Waals surface area (Å²) in [6.45, 7) is 0.618. The van der Waals surface area contributed by atoms with Crippen LogP contribution in [-0.2, 0) is 4.79 Å². The smallest absolute Gasteiger partial charge is 0.223 e. The van der Waals surface area contributed by atoms with Crippen molar-refractivity contribution in [1.29, 1.82) is 0 Å². The van der Waals surface area contributed by atoms with Crippen molar-refractivity contribution >= 4 is 5.91 Å². The van der Waals surface area contributed by atoms with Gasteiger partial charge in [0.25, 0.3) is 0 Å². The third-order valence-corrected chi connectivity index (χ3v) is 3.18. The molecule has 0 aliphatic heterocycles. The standard InChI is InChI=1S/C12H15NO/c1-2-3-6-13-12(14)11-8-9-4-5-10(11)7-9/h1,4-5,9-11H,3,6-8H2,(H,13,14). The van der Waals surface area contributed by atoms with Crippen molar-refractivity contribution in [1.82, 2.24) is 5.32 Å². The van der Waals surface area contributed by atoms with Gasteiger partial charge in [-0.2, -0.15) is 0 Å². The number of amides is 1. The summed E-state index contributed by atoms with van der Waals surface area (Å²) < 4.78 is 0. The molecule has 1 saturated carbocycles. The highest BCUT2D eigenvalue weighted by molar-refractivity contribution is 5.79. The highest BCUT2D eigenvalue weighted by atomic mass is 16.1. The van der Waals surface area contributed by atoms with Gasteiger partial charge in [0.05, 0.1) is 0 Å². The molecule has 1 N–H and O–H groups in total. The van der Waals surface area contributed by atoms with Crippen molar-refractivity contribution in [3.63, 3.8) is 0 Å². The van der Waals surface area contributed by atoms with Crippen LogP contribution in [0.1, 0.15) is 19.3 Å². The molecule has 3 atom stereocenters. The van der Waals surface area contributed by atoms with Gasteiger partial charge in [-0.15, -0.1) is 12.3 Å². The summed E-state index contributed by atoms with van der Waals surface area (Å²) in [5.74, 6) is 4.07. The Kier molecular flexibility index (Phi) is 2.58. The SMILES string of the molecule is C#CCCNC(=O)C1CC2C=CC1C2. The lowest BCUT2D eigenvalue weighted by molar-refractivity contribution is -0.125. The molecule has 3 unspecified atom stereocenters. The van der Waals surface area contributed by atoms with E-state index < -0.39 is 0 Å². The van der Waals surface area contributed by atoms with Crippen molar-refractivity contribution in [2.75, 3.05) is 6.54 Å². The van der Waals surface area contributed by atoms with E-state index in [1.165, 1.54) is 6.42 Å². The minimum absolute atomic E-state index is 0.192. The Labute approximate surface area is 84.8 Å². The lowest BCUT2D eigenvalue weighted by Crippen LogP contribution is -2.33. The summed E-state index contributed by atoms with van der Waals surface area (Å²) in [5, 5.41) is 2.90. The zero-order valence-electron chi connectivity index (χ0n) is 8.20. The average molecular weight is 189 g/mol. The summed E-state index contributed by atoms with van der Waals surface area (Å²) in [6.07, 6.45) is 12.4. The fourth-order valence-electron chi connectivity index (χ4n) is 2.47. The number of terminal acetylenes is 1. The molecule has 0 aromatic heterocycles. The predicted molar refractivity (Wildman–Crippen MR) is 55.3 cm³/mol. The van der Waals surface area contributed by atoms with E-state index in [9.17, 15) is 4.79 Å². The average Bonchev–Trinajstić information content (AvgIpc) is 2.79.